The van der Waals surface area contributed by atoms with Gasteiger partial charge in [0.15, 0.2) is 6.10 Å². The van der Waals surface area contributed by atoms with Gasteiger partial charge in [0.2, 0.25) is 0 Å². The largest absolute Gasteiger partial charge is 0.756 e. The standard InChI is InChI=1S/C46H80NO11P/c1-6-8-10-11-12-13-14-15-16-17-18-19-20-21-26-30-45(51)55-37-40(38-57-59(53,54)56-35-34-47(3,4)5)58-46(52)31-27-23-22-25-29-41-42(44(50)36-43(41)49)33-32-39(48)28-24-9-7-2/h12-13,15-16,18-19,22,25,32-33,39-44,48-50H,6-11,14,17,20-21,23-24,26-31,34-38H2,1-5H3/b13-12-,16-15-,19-18-,25-22+,33-32+/t39-,40+,41+,42+,43-,44+/m0/s1. The van der Waals surface area contributed by atoms with E-state index in [1.807, 2.05) is 39.4 Å². The zero-order chi connectivity index (χ0) is 43.8. The summed E-state index contributed by atoms with van der Waals surface area (Å²) in [6.07, 6.45) is 32.1. The van der Waals surface area contributed by atoms with Crippen LogP contribution in [0.2, 0.25) is 0 Å². The molecule has 0 heterocycles. The number of phosphoric ester groups is 1. The molecule has 1 aliphatic rings. The molecule has 0 aliphatic heterocycles. The molecular formula is C46H80NO11P. The fourth-order valence-corrected chi connectivity index (χ4v) is 7.21. The minimum Gasteiger partial charge on any atom is -0.756 e. The van der Waals surface area contributed by atoms with Crippen molar-refractivity contribution in [2.75, 3.05) is 47.5 Å². The quantitative estimate of drug-likeness (QED) is 0.0185. The van der Waals surface area contributed by atoms with Crippen molar-refractivity contribution in [2.45, 2.75) is 160 Å². The first-order chi connectivity index (χ1) is 28.2. The summed E-state index contributed by atoms with van der Waals surface area (Å²) in [4.78, 5) is 37.7. The first-order valence-electron chi connectivity index (χ1n) is 22.3. The Balaban J connectivity index is 2.56. The second kappa shape index (κ2) is 33.2. The molecule has 59 heavy (non-hydrogen) atoms. The van der Waals surface area contributed by atoms with Gasteiger partial charge in [-0.2, -0.15) is 0 Å². The molecule has 340 valence electrons. The molecule has 0 aromatic carbocycles. The highest BCUT2D eigenvalue weighted by molar-refractivity contribution is 7.45. The van der Waals surface area contributed by atoms with Crippen LogP contribution in [0.5, 0.6) is 0 Å². The molecule has 1 fully saturated rings. The highest BCUT2D eigenvalue weighted by Crippen LogP contribution is 2.38. The van der Waals surface area contributed by atoms with Gasteiger partial charge in [0.1, 0.15) is 19.8 Å². The number of carbonyl (C=O) groups excluding carboxylic acids is 2. The summed E-state index contributed by atoms with van der Waals surface area (Å²) in [5, 5.41) is 31.4. The van der Waals surface area contributed by atoms with E-state index in [2.05, 4.69) is 50.3 Å². The molecule has 0 aromatic rings. The number of rotatable bonds is 35. The van der Waals surface area contributed by atoms with Gasteiger partial charge in [0, 0.05) is 25.2 Å². The van der Waals surface area contributed by atoms with Crippen molar-refractivity contribution in [1.29, 1.82) is 0 Å². The first-order valence-corrected chi connectivity index (χ1v) is 23.7. The molecule has 0 saturated heterocycles. The highest BCUT2D eigenvalue weighted by atomic mass is 31.2. The lowest BCUT2D eigenvalue weighted by atomic mass is 9.89. The Morgan fingerprint density at radius 1 is 0.763 bits per heavy atom. The number of aliphatic hydroxyl groups is 3. The minimum atomic E-state index is -4.71. The monoisotopic (exact) mass is 854 g/mol. The smallest absolute Gasteiger partial charge is 0.306 e. The van der Waals surface area contributed by atoms with Crippen molar-refractivity contribution < 1.29 is 57.4 Å². The van der Waals surface area contributed by atoms with Gasteiger partial charge in [-0.1, -0.05) is 107 Å². The number of hydrogen-bond acceptors (Lipinski definition) is 11. The molecule has 0 bridgehead atoms. The number of quaternary nitrogens is 1. The Bertz CT molecular complexity index is 1310. The van der Waals surface area contributed by atoms with E-state index in [4.69, 9.17) is 18.5 Å². The molecule has 1 rings (SSSR count). The Hall–Kier alpha value is -2.41. The van der Waals surface area contributed by atoms with Gasteiger partial charge in [-0.3, -0.25) is 14.2 Å². The van der Waals surface area contributed by atoms with Crippen LogP contribution >= 0.6 is 7.82 Å². The van der Waals surface area contributed by atoms with Crippen LogP contribution in [0.3, 0.4) is 0 Å². The van der Waals surface area contributed by atoms with Crippen molar-refractivity contribution in [3.8, 4) is 0 Å². The summed E-state index contributed by atoms with van der Waals surface area (Å²) in [5.41, 5.74) is 0. The molecule has 0 spiro atoms. The fourth-order valence-electron chi connectivity index (χ4n) is 6.48. The van der Waals surface area contributed by atoms with E-state index >= 15 is 0 Å². The van der Waals surface area contributed by atoms with Gasteiger partial charge in [0.05, 0.1) is 46.1 Å². The van der Waals surface area contributed by atoms with Crippen molar-refractivity contribution in [1.82, 2.24) is 0 Å². The van der Waals surface area contributed by atoms with Crippen molar-refractivity contribution in [2.24, 2.45) is 11.8 Å². The van der Waals surface area contributed by atoms with Crippen LogP contribution < -0.4 is 4.89 Å². The van der Waals surface area contributed by atoms with Crippen LogP contribution in [0.15, 0.2) is 60.8 Å². The lowest BCUT2D eigenvalue weighted by Crippen LogP contribution is -2.37. The third kappa shape index (κ3) is 30.3. The molecule has 0 radical (unpaired) electrons. The van der Waals surface area contributed by atoms with Crippen molar-refractivity contribution >= 4 is 19.8 Å². The number of unbranched alkanes of at least 4 members (excludes halogenated alkanes) is 8. The zero-order valence-corrected chi connectivity index (χ0v) is 37.9. The maximum atomic E-state index is 12.8. The second-order valence-electron chi connectivity index (χ2n) is 16.7. The van der Waals surface area contributed by atoms with Gasteiger partial charge in [-0.05, 0) is 76.5 Å². The molecule has 7 atom stereocenters. The number of esters is 2. The Morgan fingerprint density at radius 3 is 2.02 bits per heavy atom. The van der Waals surface area contributed by atoms with E-state index in [1.54, 1.807) is 6.08 Å². The predicted octanol–water partition coefficient (Wildman–Crippen LogP) is 8.21. The molecule has 3 N–H and O–H groups in total. The van der Waals surface area contributed by atoms with Crippen LogP contribution in [0.25, 0.3) is 0 Å². The number of nitrogens with zero attached hydrogens (tertiary/aromatic N) is 1. The SMILES string of the molecule is CCCCC/C=C\C/C=C\C/C=C\CCCCC(=O)OC[C@H](COP(=O)([O-])OCC[N+](C)(C)C)OC(=O)CCC/C=C/C[C@@H]1[C@@H](/C=C/[C@@H](O)CCCCC)[C@H](O)C[C@@H]1O. The Morgan fingerprint density at radius 2 is 1.36 bits per heavy atom. The van der Waals surface area contributed by atoms with Crippen LogP contribution in [-0.2, 0) is 32.7 Å². The van der Waals surface area contributed by atoms with Crippen molar-refractivity contribution in [3.63, 3.8) is 0 Å². The topological polar surface area (TPSA) is 172 Å². The lowest BCUT2D eigenvalue weighted by molar-refractivity contribution is -0.870. The molecule has 0 amide bonds. The molecule has 13 heteroatoms. The average molecular weight is 854 g/mol. The van der Waals surface area contributed by atoms with Crippen LogP contribution in [0.1, 0.15) is 136 Å². The Kier molecular flexibility index (Phi) is 30.8. The van der Waals surface area contributed by atoms with E-state index in [0.717, 1.165) is 51.4 Å². The fraction of sp³-hybridized carbons (Fsp3) is 0.739. The normalized spacial score (nSPS) is 21.0. The number of hydrogen-bond donors (Lipinski definition) is 3. The van der Waals surface area contributed by atoms with Gasteiger partial charge >= 0.3 is 11.9 Å². The first kappa shape index (κ1) is 54.6. The van der Waals surface area contributed by atoms with Crippen LogP contribution in [-0.4, -0.2) is 104 Å². The summed E-state index contributed by atoms with van der Waals surface area (Å²) in [5.74, 6) is -1.51. The van der Waals surface area contributed by atoms with Crippen LogP contribution in [0, 0.1) is 11.8 Å². The van der Waals surface area contributed by atoms with E-state index in [1.165, 1.54) is 19.3 Å². The molecule has 1 unspecified atom stereocenters. The zero-order valence-electron chi connectivity index (χ0n) is 37.0. The number of allylic oxidation sites excluding steroid dienone is 8. The number of carbonyl (C=O) groups is 2. The van der Waals surface area contributed by atoms with Crippen molar-refractivity contribution in [3.05, 3.63) is 60.8 Å². The number of aliphatic hydroxyl groups excluding tert-OH is 3. The minimum absolute atomic E-state index is 0.0371. The molecular weight excluding hydrogens is 773 g/mol. The van der Waals surface area contributed by atoms with E-state index < -0.39 is 50.8 Å². The molecule has 1 aliphatic carbocycles. The Labute approximate surface area is 356 Å². The summed E-state index contributed by atoms with van der Waals surface area (Å²) < 4.78 is 33.8. The number of ether oxygens (including phenoxy) is 2. The van der Waals surface area contributed by atoms with Gasteiger partial charge < -0.3 is 43.2 Å². The van der Waals surface area contributed by atoms with Crippen LogP contribution in [0.4, 0.5) is 0 Å². The summed E-state index contributed by atoms with van der Waals surface area (Å²) in [7, 11) is 0.986. The maximum absolute atomic E-state index is 12.8. The van der Waals surface area contributed by atoms with Gasteiger partial charge in [-0.15, -0.1) is 0 Å². The van der Waals surface area contributed by atoms with E-state index in [0.29, 0.717) is 43.1 Å². The average Bonchev–Trinajstić information content (AvgIpc) is 3.44. The maximum Gasteiger partial charge on any atom is 0.306 e. The van der Waals surface area contributed by atoms with E-state index in [9.17, 15) is 34.4 Å². The lowest BCUT2D eigenvalue weighted by Gasteiger charge is -2.28. The second-order valence-corrected chi connectivity index (χ2v) is 18.1. The van der Waals surface area contributed by atoms with Gasteiger partial charge in [0.25, 0.3) is 7.82 Å². The number of phosphoric acid groups is 1. The van der Waals surface area contributed by atoms with Gasteiger partial charge in [-0.25, -0.2) is 0 Å². The molecule has 1 saturated carbocycles. The molecule has 0 aromatic heterocycles. The molecule has 12 nitrogen and oxygen atoms in total. The number of likely N-dealkylation sites (N-methyl/N-ethyl adjacent to an activating group) is 1. The third-order valence-electron chi connectivity index (χ3n) is 10.1. The summed E-state index contributed by atoms with van der Waals surface area (Å²) in [6.45, 7) is 3.75. The third-order valence-corrected chi connectivity index (χ3v) is 11.0. The predicted molar refractivity (Wildman–Crippen MR) is 233 cm³/mol. The highest BCUT2D eigenvalue weighted by Gasteiger charge is 2.39. The van der Waals surface area contributed by atoms with E-state index in [-0.39, 0.29) is 44.3 Å². The summed E-state index contributed by atoms with van der Waals surface area (Å²) >= 11 is 0. The summed E-state index contributed by atoms with van der Waals surface area (Å²) in [6, 6.07) is 0.